The number of benzene rings is 1. The Hall–Kier alpha value is -1.08. The van der Waals surface area contributed by atoms with E-state index in [1.54, 1.807) is 0 Å². The minimum atomic E-state index is -0.477. The summed E-state index contributed by atoms with van der Waals surface area (Å²) >= 11 is 0. The summed E-state index contributed by atoms with van der Waals surface area (Å²) in [4.78, 5) is 0. The van der Waals surface area contributed by atoms with E-state index in [1.165, 1.54) is 0 Å². The Labute approximate surface area is 99.6 Å². The minimum absolute atomic E-state index is 0.0868. The Bertz CT molecular complexity index is 428. The lowest BCUT2D eigenvalue weighted by molar-refractivity contribution is 0.0498. The van der Waals surface area contributed by atoms with Gasteiger partial charge in [0, 0.05) is 12.0 Å². The molecule has 3 rings (SSSR count). The number of hydrogen-bond acceptors (Lipinski definition) is 5. The lowest BCUT2D eigenvalue weighted by Gasteiger charge is -2.16. The number of nitrogens with two attached hydrogens (primary N) is 1. The molecule has 0 aromatic heterocycles. The molecule has 0 fully saturated rings. The Morgan fingerprint density at radius 3 is 3.06 bits per heavy atom. The van der Waals surface area contributed by atoms with E-state index in [1.807, 2.05) is 18.2 Å². The van der Waals surface area contributed by atoms with Gasteiger partial charge in [-0.05, 0) is 11.6 Å². The maximum Gasteiger partial charge on any atom is 0.498 e. The van der Waals surface area contributed by atoms with Crippen molar-refractivity contribution in [3.63, 3.8) is 0 Å². The summed E-state index contributed by atoms with van der Waals surface area (Å²) < 4.78 is 17.0. The average Bonchev–Trinajstić information content (AvgIpc) is 2.61. The second kappa shape index (κ2) is 4.31. The Balaban J connectivity index is 2.02. The average molecular weight is 235 g/mol. The molecule has 90 valence electrons. The van der Waals surface area contributed by atoms with Crippen LogP contribution in [0, 0.1) is 0 Å². The summed E-state index contributed by atoms with van der Waals surface area (Å²) in [6, 6.07) is 5.78. The van der Waals surface area contributed by atoms with Gasteiger partial charge in [-0.2, -0.15) is 0 Å². The van der Waals surface area contributed by atoms with Gasteiger partial charge in [0.15, 0.2) is 0 Å². The maximum absolute atomic E-state index is 9.16. The number of ether oxygens (including phenoxy) is 1. The fourth-order valence-corrected chi connectivity index (χ4v) is 2.29. The van der Waals surface area contributed by atoms with E-state index in [0.29, 0.717) is 13.2 Å². The van der Waals surface area contributed by atoms with Crippen LogP contribution in [0.15, 0.2) is 18.2 Å². The molecule has 1 aromatic carbocycles. The number of aliphatic hydroxyl groups excluding tert-OH is 1. The topological polar surface area (TPSA) is 73.9 Å². The molecule has 0 spiro atoms. The fraction of sp³-hybridized carbons (Fsp3) is 0.455. The van der Waals surface area contributed by atoms with Crippen LogP contribution in [0.4, 0.5) is 0 Å². The molecule has 0 radical (unpaired) electrons. The van der Waals surface area contributed by atoms with Crippen LogP contribution >= 0.6 is 0 Å². The Morgan fingerprint density at radius 1 is 1.41 bits per heavy atom. The summed E-state index contributed by atoms with van der Waals surface area (Å²) in [5.41, 5.74) is 7.61. The van der Waals surface area contributed by atoms with Gasteiger partial charge >= 0.3 is 7.12 Å². The van der Waals surface area contributed by atoms with E-state index in [-0.39, 0.29) is 18.8 Å². The van der Waals surface area contributed by atoms with Crippen LogP contribution in [0.1, 0.15) is 11.7 Å². The molecule has 2 aliphatic rings. The highest BCUT2D eigenvalue weighted by Crippen LogP contribution is 2.30. The van der Waals surface area contributed by atoms with Gasteiger partial charge in [0.2, 0.25) is 0 Å². The van der Waals surface area contributed by atoms with Gasteiger partial charge in [-0.1, -0.05) is 12.1 Å². The third kappa shape index (κ3) is 1.73. The zero-order chi connectivity index (χ0) is 11.8. The molecule has 3 N–H and O–H groups in total. The summed E-state index contributed by atoms with van der Waals surface area (Å²) in [5.74, 6) is 0.763. The molecule has 0 saturated carbocycles. The molecule has 0 bridgehead atoms. The van der Waals surface area contributed by atoms with E-state index >= 15 is 0 Å². The molecule has 17 heavy (non-hydrogen) atoms. The van der Waals surface area contributed by atoms with Gasteiger partial charge < -0.3 is 24.9 Å². The molecule has 1 unspecified atom stereocenters. The fourth-order valence-electron chi connectivity index (χ4n) is 2.29. The molecular formula is C11H14BNO4. The van der Waals surface area contributed by atoms with E-state index in [0.717, 1.165) is 16.8 Å². The number of hydrogen-bond donors (Lipinski definition) is 2. The molecule has 2 heterocycles. The van der Waals surface area contributed by atoms with Crippen LogP contribution in [-0.2, 0) is 9.31 Å². The molecular weight excluding hydrogens is 221 g/mol. The van der Waals surface area contributed by atoms with Gasteiger partial charge in [-0.3, -0.25) is 0 Å². The van der Waals surface area contributed by atoms with Crippen LogP contribution in [-0.4, -0.2) is 38.1 Å². The third-order valence-electron chi connectivity index (χ3n) is 3.13. The zero-order valence-corrected chi connectivity index (χ0v) is 9.33. The van der Waals surface area contributed by atoms with Gasteiger partial charge in [0.1, 0.15) is 18.5 Å². The first-order valence-corrected chi connectivity index (χ1v) is 5.71. The summed E-state index contributed by atoms with van der Waals surface area (Å²) in [5, 5.41) is 9.16. The molecule has 0 aliphatic carbocycles. The van der Waals surface area contributed by atoms with Gasteiger partial charge in [-0.25, -0.2) is 0 Å². The SMILES string of the molecule is NC[C@H]1OB2OC(CO)COc3cccc1c32. The molecule has 5 nitrogen and oxygen atoms in total. The van der Waals surface area contributed by atoms with Crippen LogP contribution in [0.3, 0.4) is 0 Å². The van der Waals surface area contributed by atoms with Crippen molar-refractivity contribution in [2.45, 2.75) is 12.2 Å². The smallest absolute Gasteiger partial charge is 0.491 e. The van der Waals surface area contributed by atoms with E-state index in [4.69, 9.17) is 24.9 Å². The standard InChI is InChI=1S/C11H14BNO4/c13-4-10-8-2-1-3-9-11(8)12(17-10)16-7(5-14)6-15-9/h1-3,7,10,14H,4-6,13H2/t7?,10-/m1/s1. The van der Waals surface area contributed by atoms with Crippen LogP contribution in [0.25, 0.3) is 0 Å². The molecule has 0 saturated heterocycles. The van der Waals surface area contributed by atoms with Crippen molar-refractivity contribution in [2.75, 3.05) is 19.8 Å². The van der Waals surface area contributed by atoms with Crippen molar-refractivity contribution in [3.8, 4) is 5.75 Å². The molecule has 1 aromatic rings. The molecule has 2 aliphatic heterocycles. The highest BCUT2D eigenvalue weighted by Gasteiger charge is 2.42. The third-order valence-corrected chi connectivity index (χ3v) is 3.13. The quantitative estimate of drug-likeness (QED) is 0.655. The normalized spacial score (nSPS) is 26.4. The van der Waals surface area contributed by atoms with E-state index in [9.17, 15) is 0 Å². The van der Waals surface area contributed by atoms with Crippen molar-refractivity contribution >= 4 is 12.6 Å². The number of aliphatic hydroxyl groups is 1. The summed E-state index contributed by atoms with van der Waals surface area (Å²) in [7, 11) is -0.477. The highest BCUT2D eigenvalue weighted by molar-refractivity contribution is 6.64. The maximum atomic E-state index is 9.16. The van der Waals surface area contributed by atoms with Gasteiger partial charge in [-0.15, -0.1) is 0 Å². The van der Waals surface area contributed by atoms with Gasteiger partial charge in [0.25, 0.3) is 0 Å². The first kappa shape index (κ1) is 11.0. The first-order valence-electron chi connectivity index (χ1n) is 5.71. The molecule has 6 heteroatoms. The lowest BCUT2D eigenvalue weighted by Crippen LogP contribution is -2.36. The number of rotatable bonds is 2. The van der Waals surface area contributed by atoms with Crippen LogP contribution < -0.4 is 15.9 Å². The van der Waals surface area contributed by atoms with Crippen molar-refractivity contribution in [1.29, 1.82) is 0 Å². The predicted molar refractivity (Wildman–Crippen MR) is 62.2 cm³/mol. The Kier molecular flexibility index (Phi) is 2.80. The second-order valence-corrected chi connectivity index (χ2v) is 4.20. The van der Waals surface area contributed by atoms with Crippen molar-refractivity contribution in [3.05, 3.63) is 23.8 Å². The van der Waals surface area contributed by atoms with Crippen LogP contribution in [0.2, 0.25) is 0 Å². The second-order valence-electron chi connectivity index (χ2n) is 4.20. The summed E-state index contributed by atoms with van der Waals surface area (Å²) in [6.07, 6.45) is -0.521. The lowest BCUT2D eigenvalue weighted by atomic mass is 9.77. The minimum Gasteiger partial charge on any atom is -0.491 e. The predicted octanol–water partition coefficient (Wildman–Crippen LogP) is -0.818. The van der Waals surface area contributed by atoms with Crippen molar-refractivity contribution in [2.24, 2.45) is 5.73 Å². The largest absolute Gasteiger partial charge is 0.498 e. The van der Waals surface area contributed by atoms with Crippen molar-refractivity contribution in [1.82, 2.24) is 0 Å². The summed E-state index contributed by atoms with van der Waals surface area (Å²) in [6.45, 7) is 0.649. The molecule has 0 amide bonds. The highest BCUT2D eigenvalue weighted by atomic mass is 16.6. The van der Waals surface area contributed by atoms with Crippen LogP contribution in [0.5, 0.6) is 5.75 Å². The van der Waals surface area contributed by atoms with E-state index in [2.05, 4.69) is 0 Å². The Morgan fingerprint density at radius 2 is 2.29 bits per heavy atom. The monoisotopic (exact) mass is 235 g/mol. The molecule has 2 atom stereocenters. The zero-order valence-electron chi connectivity index (χ0n) is 9.33. The van der Waals surface area contributed by atoms with E-state index < -0.39 is 7.12 Å². The first-order chi connectivity index (χ1) is 8.33. The van der Waals surface area contributed by atoms with Crippen molar-refractivity contribution < 1.29 is 19.2 Å². The van der Waals surface area contributed by atoms with Gasteiger partial charge in [0.05, 0.1) is 12.7 Å².